The average molecular weight is 359 g/mol. The highest BCUT2D eigenvalue weighted by atomic mass is 35.5. The van der Waals surface area contributed by atoms with Crippen molar-refractivity contribution in [2.45, 2.75) is 38.6 Å². The summed E-state index contributed by atoms with van der Waals surface area (Å²) in [5, 5.41) is 6.40. The molecule has 1 atom stereocenters. The standard InChI is InChI=1S/C16H22N4O.2ClH/c1-11-4-2-6-13-16(11)20-14(19-13)7-8-15(21)18-12-5-3-9-17-10-12;;/h2,4,6,12,17H,3,5,7-10H2,1H3,(H,18,21)(H,19,20);2*1H/t12-;;/m0../s1. The number of piperidine rings is 1. The molecule has 1 saturated heterocycles. The van der Waals surface area contributed by atoms with E-state index in [4.69, 9.17) is 0 Å². The maximum absolute atomic E-state index is 12.0. The molecule has 0 radical (unpaired) electrons. The van der Waals surface area contributed by atoms with E-state index in [0.717, 1.165) is 48.4 Å². The molecule has 0 spiro atoms. The van der Waals surface area contributed by atoms with Crippen molar-refractivity contribution in [3.8, 4) is 0 Å². The van der Waals surface area contributed by atoms with Gasteiger partial charge < -0.3 is 15.6 Å². The maximum atomic E-state index is 12.0. The summed E-state index contributed by atoms with van der Waals surface area (Å²) in [5.74, 6) is 0.997. The maximum Gasteiger partial charge on any atom is 0.220 e. The molecule has 2 aromatic rings. The summed E-state index contributed by atoms with van der Waals surface area (Å²) in [6, 6.07) is 6.37. The summed E-state index contributed by atoms with van der Waals surface area (Å²) in [7, 11) is 0. The first-order valence-electron chi connectivity index (χ1n) is 7.66. The zero-order valence-electron chi connectivity index (χ0n) is 13.2. The molecule has 7 heteroatoms. The van der Waals surface area contributed by atoms with E-state index in [1.165, 1.54) is 0 Å². The van der Waals surface area contributed by atoms with E-state index >= 15 is 0 Å². The summed E-state index contributed by atoms with van der Waals surface area (Å²) in [4.78, 5) is 19.9. The van der Waals surface area contributed by atoms with E-state index < -0.39 is 0 Å². The molecule has 1 aliphatic rings. The Kier molecular flexibility index (Phi) is 7.82. The van der Waals surface area contributed by atoms with Gasteiger partial charge >= 0.3 is 0 Å². The van der Waals surface area contributed by atoms with Gasteiger partial charge in [0.15, 0.2) is 0 Å². The molecule has 0 aliphatic carbocycles. The van der Waals surface area contributed by atoms with Gasteiger partial charge in [-0.15, -0.1) is 24.8 Å². The van der Waals surface area contributed by atoms with Crippen molar-refractivity contribution in [1.82, 2.24) is 20.6 Å². The van der Waals surface area contributed by atoms with Crippen molar-refractivity contribution in [2.75, 3.05) is 13.1 Å². The van der Waals surface area contributed by atoms with Gasteiger partial charge in [-0.1, -0.05) is 12.1 Å². The van der Waals surface area contributed by atoms with Crippen molar-refractivity contribution in [2.24, 2.45) is 0 Å². The largest absolute Gasteiger partial charge is 0.352 e. The number of halogens is 2. The van der Waals surface area contributed by atoms with Crippen LogP contribution in [0.4, 0.5) is 0 Å². The molecular weight excluding hydrogens is 335 g/mol. The second-order valence-corrected chi connectivity index (χ2v) is 5.77. The van der Waals surface area contributed by atoms with Crippen LogP contribution in [0.3, 0.4) is 0 Å². The minimum Gasteiger partial charge on any atom is -0.352 e. The summed E-state index contributed by atoms with van der Waals surface area (Å²) in [5.41, 5.74) is 3.21. The topological polar surface area (TPSA) is 69.8 Å². The van der Waals surface area contributed by atoms with Crippen LogP contribution in [0.2, 0.25) is 0 Å². The van der Waals surface area contributed by atoms with Gasteiger partial charge in [-0.2, -0.15) is 0 Å². The molecule has 1 aliphatic heterocycles. The molecule has 0 saturated carbocycles. The Morgan fingerprint density at radius 3 is 2.91 bits per heavy atom. The predicted molar refractivity (Wildman–Crippen MR) is 97.7 cm³/mol. The Labute approximate surface area is 148 Å². The number of H-pyrrole nitrogens is 1. The minimum atomic E-state index is 0. The van der Waals surface area contributed by atoms with Crippen molar-refractivity contribution in [3.63, 3.8) is 0 Å². The molecule has 5 nitrogen and oxygen atoms in total. The van der Waals surface area contributed by atoms with Crippen LogP contribution in [0.1, 0.15) is 30.7 Å². The molecule has 0 unspecified atom stereocenters. The number of benzene rings is 1. The number of nitrogens with zero attached hydrogens (tertiary/aromatic N) is 1. The van der Waals surface area contributed by atoms with E-state index in [1.54, 1.807) is 0 Å². The first-order chi connectivity index (χ1) is 10.2. The summed E-state index contributed by atoms with van der Waals surface area (Å²) < 4.78 is 0. The highest BCUT2D eigenvalue weighted by Crippen LogP contribution is 2.16. The predicted octanol–water partition coefficient (Wildman–Crippen LogP) is 2.52. The molecule has 1 aromatic carbocycles. The van der Waals surface area contributed by atoms with Gasteiger partial charge in [0.2, 0.25) is 5.91 Å². The Morgan fingerprint density at radius 1 is 1.39 bits per heavy atom. The molecule has 23 heavy (non-hydrogen) atoms. The number of nitrogens with one attached hydrogen (secondary N) is 3. The van der Waals surface area contributed by atoms with Crippen LogP contribution in [0.25, 0.3) is 11.0 Å². The number of aryl methyl sites for hydroxylation is 2. The highest BCUT2D eigenvalue weighted by Gasteiger charge is 2.15. The van der Waals surface area contributed by atoms with Crippen LogP contribution in [-0.4, -0.2) is 35.0 Å². The number of para-hydroxylation sites is 1. The van der Waals surface area contributed by atoms with Crippen LogP contribution in [0.15, 0.2) is 18.2 Å². The van der Waals surface area contributed by atoms with Crippen molar-refractivity contribution >= 4 is 41.8 Å². The van der Waals surface area contributed by atoms with Crippen molar-refractivity contribution < 1.29 is 4.79 Å². The van der Waals surface area contributed by atoms with Gasteiger partial charge in [0.25, 0.3) is 0 Å². The van der Waals surface area contributed by atoms with Crippen LogP contribution >= 0.6 is 24.8 Å². The van der Waals surface area contributed by atoms with Gasteiger partial charge in [-0.25, -0.2) is 4.98 Å². The zero-order valence-corrected chi connectivity index (χ0v) is 14.9. The van der Waals surface area contributed by atoms with E-state index in [1.807, 2.05) is 12.1 Å². The molecular formula is C16H24Cl2N4O. The lowest BCUT2D eigenvalue weighted by molar-refractivity contribution is -0.121. The first kappa shape index (κ1) is 19.7. The molecule has 0 bridgehead atoms. The number of amides is 1. The minimum absolute atomic E-state index is 0. The lowest BCUT2D eigenvalue weighted by atomic mass is 10.1. The molecule has 1 amide bonds. The zero-order chi connectivity index (χ0) is 14.7. The third-order valence-electron chi connectivity index (χ3n) is 4.01. The molecule has 3 rings (SSSR count). The third kappa shape index (κ3) is 5.09. The molecule has 1 aromatic heterocycles. The van der Waals surface area contributed by atoms with Crippen molar-refractivity contribution in [1.29, 1.82) is 0 Å². The van der Waals surface area contributed by atoms with E-state index in [0.29, 0.717) is 12.8 Å². The van der Waals surface area contributed by atoms with Gasteiger partial charge in [0.1, 0.15) is 5.82 Å². The number of hydrogen-bond donors (Lipinski definition) is 3. The van der Waals surface area contributed by atoms with E-state index in [2.05, 4.69) is 33.6 Å². The fraction of sp³-hybridized carbons (Fsp3) is 0.500. The third-order valence-corrected chi connectivity index (χ3v) is 4.01. The average Bonchev–Trinajstić information content (AvgIpc) is 2.91. The van der Waals surface area contributed by atoms with Crippen LogP contribution in [-0.2, 0) is 11.2 Å². The lowest BCUT2D eigenvalue weighted by Crippen LogP contribution is -2.45. The summed E-state index contributed by atoms with van der Waals surface area (Å²) in [6.45, 7) is 4.00. The second-order valence-electron chi connectivity index (χ2n) is 5.77. The number of aromatic amines is 1. The fourth-order valence-corrected chi connectivity index (χ4v) is 2.85. The monoisotopic (exact) mass is 358 g/mol. The number of carbonyl (C=O) groups is 1. The Bertz CT molecular complexity index is 638. The van der Waals surface area contributed by atoms with Crippen LogP contribution in [0.5, 0.6) is 0 Å². The lowest BCUT2D eigenvalue weighted by Gasteiger charge is -2.23. The van der Waals surface area contributed by atoms with Gasteiger partial charge in [-0.05, 0) is 37.9 Å². The number of fused-ring (bicyclic) bond motifs is 1. The summed E-state index contributed by atoms with van der Waals surface area (Å²) in [6.07, 6.45) is 3.34. The van der Waals surface area contributed by atoms with E-state index in [9.17, 15) is 4.79 Å². The number of carbonyl (C=O) groups excluding carboxylic acids is 1. The van der Waals surface area contributed by atoms with Gasteiger partial charge in [0, 0.05) is 25.4 Å². The van der Waals surface area contributed by atoms with Gasteiger partial charge in [0.05, 0.1) is 11.0 Å². The normalized spacial score (nSPS) is 17.2. The Morgan fingerprint density at radius 2 is 2.22 bits per heavy atom. The SMILES string of the molecule is Cc1cccc2[nH]c(CCC(=O)N[C@H]3CCCNC3)nc12.Cl.Cl. The smallest absolute Gasteiger partial charge is 0.220 e. The molecule has 1 fully saturated rings. The quantitative estimate of drug-likeness (QED) is 0.786. The highest BCUT2D eigenvalue weighted by molar-refractivity contribution is 5.85. The summed E-state index contributed by atoms with van der Waals surface area (Å²) >= 11 is 0. The van der Waals surface area contributed by atoms with Crippen LogP contribution < -0.4 is 10.6 Å². The number of hydrogen-bond acceptors (Lipinski definition) is 3. The molecule has 128 valence electrons. The second kappa shape index (κ2) is 9.11. The van der Waals surface area contributed by atoms with Crippen molar-refractivity contribution in [3.05, 3.63) is 29.6 Å². The number of imidazole rings is 1. The number of aromatic nitrogens is 2. The van der Waals surface area contributed by atoms with Gasteiger partial charge in [-0.3, -0.25) is 4.79 Å². The van der Waals surface area contributed by atoms with E-state index in [-0.39, 0.29) is 36.8 Å². The Hall–Kier alpha value is -1.30. The molecule has 3 N–H and O–H groups in total. The molecule has 2 heterocycles. The first-order valence-corrected chi connectivity index (χ1v) is 7.66. The Balaban J connectivity index is 0.00000132. The number of rotatable bonds is 4. The van der Waals surface area contributed by atoms with Crippen LogP contribution in [0, 0.1) is 6.92 Å². The fourth-order valence-electron chi connectivity index (χ4n) is 2.85.